The highest BCUT2D eigenvalue weighted by molar-refractivity contribution is 5.76. The number of rotatable bonds is 15. The van der Waals surface area contributed by atoms with Crippen LogP contribution in [0.4, 0.5) is 11.6 Å². The lowest BCUT2D eigenvalue weighted by atomic mass is 9.91. The lowest BCUT2D eigenvalue weighted by Crippen LogP contribution is -2.40. The van der Waals surface area contributed by atoms with Crippen molar-refractivity contribution in [3.8, 4) is 0 Å². The van der Waals surface area contributed by atoms with E-state index in [1.54, 1.807) is 0 Å². The van der Waals surface area contributed by atoms with Gasteiger partial charge in [0, 0.05) is 38.7 Å². The van der Waals surface area contributed by atoms with Crippen LogP contribution in [0.1, 0.15) is 94.9 Å². The fraction of sp³-hybridized carbons (Fsp3) is 0.633. The number of unbranched alkanes of at least 4 members (excludes halogenated alkanes) is 7. The molecule has 0 radical (unpaired) electrons. The van der Waals surface area contributed by atoms with E-state index >= 15 is 0 Å². The summed E-state index contributed by atoms with van der Waals surface area (Å²) in [7, 11) is 3.99. The molecule has 1 aliphatic carbocycles. The molecule has 6 nitrogen and oxygen atoms in total. The molecule has 1 fully saturated rings. The molecule has 0 bridgehead atoms. The summed E-state index contributed by atoms with van der Waals surface area (Å²) >= 11 is 0. The zero-order valence-electron chi connectivity index (χ0n) is 22.8. The van der Waals surface area contributed by atoms with Crippen LogP contribution >= 0.6 is 0 Å². The van der Waals surface area contributed by atoms with Crippen LogP contribution in [0, 0.1) is 6.92 Å². The highest BCUT2D eigenvalue weighted by Gasteiger charge is 2.22. The number of aryl methyl sites for hydroxylation is 2. The summed E-state index contributed by atoms with van der Waals surface area (Å²) in [6.07, 6.45) is 16.0. The smallest absolute Gasteiger partial charge is 0.220 e. The molecule has 6 heteroatoms. The van der Waals surface area contributed by atoms with Gasteiger partial charge in [0.2, 0.25) is 5.91 Å². The maximum atomic E-state index is 12.4. The summed E-state index contributed by atoms with van der Waals surface area (Å²) in [6.45, 7) is 1.93. The first-order valence-electron chi connectivity index (χ1n) is 14.1. The van der Waals surface area contributed by atoms with Crippen molar-refractivity contribution in [1.82, 2.24) is 15.3 Å². The maximum Gasteiger partial charge on any atom is 0.220 e. The van der Waals surface area contributed by atoms with Gasteiger partial charge in [-0.2, -0.15) is 0 Å². The Morgan fingerprint density at radius 3 is 2.14 bits per heavy atom. The van der Waals surface area contributed by atoms with Gasteiger partial charge in [-0.3, -0.25) is 4.79 Å². The van der Waals surface area contributed by atoms with Crippen LogP contribution in [0.5, 0.6) is 0 Å². The van der Waals surface area contributed by atoms with Crippen molar-refractivity contribution in [2.24, 2.45) is 0 Å². The van der Waals surface area contributed by atoms with Crippen molar-refractivity contribution in [3.63, 3.8) is 0 Å². The van der Waals surface area contributed by atoms with E-state index in [0.717, 1.165) is 49.6 Å². The Kier molecular flexibility index (Phi) is 12.0. The van der Waals surface area contributed by atoms with E-state index in [0.29, 0.717) is 18.5 Å². The molecule has 1 saturated carbocycles. The Morgan fingerprint density at radius 2 is 1.47 bits per heavy atom. The molecule has 36 heavy (non-hydrogen) atoms. The first-order chi connectivity index (χ1) is 17.5. The molecule has 1 amide bonds. The summed E-state index contributed by atoms with van der Waals surface area (Å²) in [5, 5.41) is 6.85. The first kappa shape index (κ1) is 27.9. The van der Waals surface area contributed by atoms with E-state index in [-0.39, 0.29) is 5.91 Å². The molecule has 1 heterocycles. The predicted octanol–water partition coefficient (Wildman–Crippen LogP) is 6.44. The minimum atomic E-state index is 0.231. The summed E-state index contributed by atoms with van der Waals surface area (Å²) in [5.41, 5.74) is 1.46. The number of carbonyl (C=O) groups excluding carboxylic acids is 1. The van der Waals surface area contributed by atoms with E-state index in [9.17, 15) is 4.79 Å². The summed E-state index contributed by atoms with van der Waals surface area (Å²) < 4.78 is 0. The van der Waals surface area contributed by atoms with Gasteiger partial charge in [-0.1, -0.05) is 68.9 Å². The Labute approximate surface area is 218 Å². The van der Waals surface area contributed by atoms with Gasteiger partial charge in [0.05, 0.1) is 0 Å². The second kappa shape index (κ2) is 15.5. The van der Waals surface area contributed by atoms with Gasteiger partial charge in [-0.15, -0.1) is 0 Å². The summed E-state index contributed by atoms with van der Waals surface area (Å²) in [5.74, 6) is 2.83. The van der Waals surface area contributed by atoms with Gasteiger partial charge in [0.25, 0.3) is 0 Å². The molecule has 198 valence electrons. The third-order valence-corrected chi connectivity index (χ3v) is 7.19. The number of nitrogens with one attached hydrogen (secondary N) is 2. The molecule has 0 atom stereocenters. The SMILES string of the molecule is Cc1nc(NC2CCC(NC(=O)CCCCCCCCCCc3ccccc3)CC2)cc(N(C)C)n1. The van der Waals surface area contributed by atoms with Crippen LogP contribution in [0.25, 0.3) is 0 Å². The van der Waals surface area contributed by atoms with E-state index < -0.39 is 0 Å². The van der Waals surface area contributed by atoms with E-state index in [1.165, 1.54) is 56.9 Å². The van der Waals surface area contributed by atoms with Crippen LogP contribution in [-0.2, 0) is 11.2 Å². The van der Waals surface area contributed by atoms with Crippen molar-refractivity contribution < 1.29 is 4.79 Å². The van der Waals surface area contributed by atoms with Crippen LogP contribution in [0.2, 0.25) is 0 Å². The minimum absolute atomic E-state index is 0.231. The van der Waals surface area contributed by atoms with Crippen molar-refractivity contribution >= 4 is 17.5 Å². The first-order valence-corrected chi connectivity index (χ1v) is 14.1. The molecule has 1 aliphatic rings. The molecule has 0 spiro atoms. The Bertz CT molecular complexity index is 893. The number of anilines is 2. The number of nitrogens with zero attached hydrogens (tertiary/aromatic N) is 3. The van der Waals surface area contributed by atoms with E-state index in [2.05, 4.69) is 50.9 Å². The predicted molar refractivity (Wildman–Crippen MR) is 151 cm³/mol. The molecule has 2 aromatic rings. The van der Waals surface area contributed by atoms with Gasteiger partial charge in [-0.05, 0) is 57.4 Å². The lowest BCUT2D eigenvalue weighted by molar-refractivity contribution is -0.122. The molecule has 2 N–H and O–H groups in total. The number of hydrogen-bond acceptors (Lipinski definition) is 5. The van der Waals surface area contributed by atoms with Gasteiger partial charge in [0.1, 0.15) is 17.5 Å². The normalized spacial score (nSPS) is 17.5. The van der Waals surface area contributed by atoms with Crippen molar-refractivity contribution in [3.05, 3.63) is 47.8 Å². The third kappa shape index (κ3) is 10.5. The monoisotopic (exact) mass is 493 g/mol. The third-order valence-electron chi connectivity index (χ3n) is 7.19. The Morgan fingerprint density at radius 1 is 0.861 bits per heavy atom. The number of amides is 1. The average molecular weight is 494 g/mol. The zero-order chi connectivity index (χ0) is 25.6. The second-order valence-electron chi connectivity index (χ2n) is 10.6. The summed E-state index contributed by atoms with van der Waals surface area (Å²) in [4.78, 5) is 23.4. The molecule has 0 aliphatic heterocycles. The van der Waals surface area contributed by atoms with Gasteiger partial charge >= 0.3 is 0 Å². The zero-order valence-corrected chi connectivity index (χ0v) is 22.8. The molecule has 1 aromatic heterocycles. The minimum Gasteiger partial charge on any atom is -0.367 e. The lowest BCUT2D eigenvalue weighted by Gasteiger charge is -2.30. The van der Waals surface area contributed by atoms with Crippen LogP contribution in [0.3, 0.4) is 0 Å². The second-order valence-corrected chi connectivity index (χ2v) is 10.6. The van der Waals surface area contributed by atoms with Gasteiger partial charge in [-0.25, -0.2) is 9.97 Å². The molecule has 1 aromatic carbocycles. The van der Waals surface area contributed by atoms with Crippen LogP contribution in [0.15, 0.2) is 36.4 Å². The molecule has 0 unspecified atom stereocenters. The van der Waals surface area contributed by atoms with Crippen molar-refractivity contribution in [1.29, 1.82) is 0 Å². The number of benzene rings is 1. The van der Waals surface area contributed by atoms with E-state index in [4.69, 9.17) is 0 Å². The molecule has 0 saturated heterocycles. The summed E-state index contributed by atoms with van der Waals surface area (Å²) in [6, 6.07) is 13.5. The number of hydrogen-bond donors (Lipinski definition) is 2. The largest absolute Gasteiger partial charge is 0.367 e. The quantitative estimate of drug-likeness (QED) is 0.279. The Balaban J connectivity index is 1.18. The van der Waals surface area contributed by atoms with Crippen molar-refractivity contribution in [2.75, 3.05) is 24.3 Å². The number of aromatic nitrogens is 2. The molecular formula is C30H47N5O. The fourth-order valence-electron chi connectivity index (χ4n) is 5.07. The number of carbonyl (C=O) groups is 1. The molecular weight excluding hydrogens is 446 g/mol. The van der Waals surface area contributed by atoms with Gasteiger partial charge < -0.3 is 15.5 Å². The van der Waals surface area contributed by atoms with Crippen LogP contribution in [-0.4, -0.2) is 42.1 Å². The standard InChI is InChI=1S/C30H47N5O/c1-24-31-28(23-29(32-24)35(2)3)33-26-19-21-27(22-20-26)34-30(36)18-14-9-7-5-4-6-8-11-15-25-16-12-10-13-17-25/h10,12-13,16-17,23,26-27H,4-9,11,14-15,18-22H2,1-3H3,(H,34,36)(H,31,32,33). The van der Waals surface area contributed by atoms with Crippen LogP contribution < -0.4 is 15.5 Å². The van der Waals surface area contributed by atoms with E-state index in [1.807, 2.05) is 32.0 Å². The Hall–Kier alpha value is -2.63. The van der Waals surface area contributed by atoms with Crippen molar-refractivity contribution in [2.45, 2.75) is 109 Å². The van der Waals surface area contributed by atoms with Gasteiger partial charge in [0.15, 0.2) is 0 Å². The topological polar surface area (TPSA) is 70.2 Å². The maximum absolute atomic E-state index is 12.4. The fourth-order valence-corrected chi connectivity index (χ4v) is 5.07. The highest BCUT2D eigenvalue weighted by Crippen LogP contribution is 2.23. The molecule has 3 rings (SSSR count). The average Bonchev–Trinajstić information content (AvgIpc) is 2.86. The highest BCUT2D eigenvalue weighted by atomic mass is 16.1.